The quantitative estimate of drug-likeness (QED) is 0.669. The number of hydrogen-bond acceptors (Lipinski definition) is 4. The van der Waals surface area contributed by atoms with Crippen LogP contribution in [0.1, 0.15) is 15.9 Å². The molecule has 0 spiro atoms. The Balaban J connectivity index is 1.92. The lowest BCUT2D eigenvalue weighted by Crippen LogP contribution is -2.40. The van der Waals surface area contributed by atoms with Crippen molar-refractivity contribution in [2.45, 2.75) is 6.92 Å². The van der Waals surface area contributed by atoms with Gasteiger partial charge in [-0.1, -0.05) is 23.7 Å². The second-order valence-corrected chi connectivity index (χ2v) is 7.36. The zero-order chi connectivity index (χ0) is 17.4. The molecule has 4 rings (SSSR count). The molecule has 0 saturated carbocycles. The number of ether oxygens (including phenoxy) is 1. The third-order valence-corrected chi connectivity index (χ3v) is 5.77. The molecule has 1 fully saturated rings. The van der Waals surface area contributed by atoms with E-state index in [1.54, 1.807) is 11.3 Å². The lowest BCUT2D eigenvalue weighted by molar-refractivity contribution is 0.0304. The van der Waals surface area contributed by atoms with Crippen molar-refractivity contribution < 1.29 is 9.53 Å². The van der Waals surface area contributed by atoms with Gasteiger partial charge in [0.25, 0.3) is 5.91 Å². The Kier molecular flexibility index (Phi) is 4.46. The Morgan fingerprint density at radius 1 is 1.28 bits per heavy atom. The predicted molar refractivity (Wildman–Crippen MR) is 102 cm³/mol. The smallest absolute Gasteiger partial charge is 0.254 e. The molecule has 3 heterocycles. The highest BCUT2D eigenvalue weighted by Gasteiger charge is 2.22. The first-order valence-electron chi connectivity index (χ1n) is 8.16. The van der Waals surface area contributed by atoms with Crippen molar-refractivity contribution in [2.75, 3.05) is 26.3 Å². The Bertz CT molecular complexity index is 934. The number of fused-ring (bicyclic) bond motifs is 1. The molecule has 25 heavy (non-hydrogen) atoms. The van der Waals surface area contributed by atoms with E-state index in [4.69, 9.17) is 21.3 Å². The van der Waals surface area contributed by atoms with Gasteiger partial charge in [0, 0.05) is 23.5 Å². The summed E-state index contributed by atoms with van der Waals surface area (Å²) in [6.07, 6.45) is 0. The van der Waals surface area contributed by atoms with Gasteiger partial charge in [-0.05, 0) is 36.1 Å². The van der Waals surface area contributed by atoms with Gasteiger partial charge in [-0.3, -0.25) is 4.79 Å². The van der Waals surface area contributed by atoms with Crippen LogP contribution in [0.5, 0.6) is 0 Å². The number of benzene rings is 1. The minimum Gasteiger partial charge on any atom is -0.378 e. The molecule has 3 aromatic rings. The third kappa shape index (κ3) is 3.03. The molecule has 0 aliphatic carbocycles. The standard InChI is InChI=1S/C19H17ClN2O2S/c1-12-15(20)5-4-13-14(19(23)22-6-8-24-9-7-22)11-16(21-18(12)13)17-3-2-10-25-17/h2-5,10-11H,6-9H2,1H3. The summed E-state index contributed by atoms with van der Waals surface area (Å²) in [5, 5.41) is 3.52. The molecule has 1 saturated heterocycles. The molecule has 0 bridgehead atoms. The maximum atomic E-state index is 13.1. The summed E-state index contributed by atoms with van der Waals surface area (Å²) in [5.41, 5.74) is 3.17. The van der Waals surface area contributed by atoms with Gasteiger partial charge in [0.1, 0.15) is 0 Å². The van der Waals surface area contributed by atoms with Crippen molar-refractivity contribution in [1.82, 2.24) is 9.88 Å². The van der Waals surface area contributed by atoms with Gasteiger partial charge >= 0.3 is 0 Å². The highest BCUT2D eigenvalue weighted by molar-refractivity contribution is 7.13. The van der Waals surface area contributed by atoms with Crippen molar-refractivity contribution in [2.24, 2.45) is 0 Å². The second kappa shape index (κ2) is 6.75. The number of carbonyl (C=O) groups is 1. The molecule has 0 N–H and O–H groups in total. The predicted octanol–water partition coefficient (Wildman–Crippen LogP) is 4.40. The van der Waals surface area contributed by atoms with Crippen molar-refractivity contribution in [1.29, 1.82) is 0 Å². The molecule has 4 nitrogen and oxygen atoms in total. The van der Waals surface area contributed by atoms with Crippen LogP contribution in [0.25, 0.3) is 21.5 Å². The first-order chi connectivity index (χ1) is 12.1. The monoisotopic (exact) mass is 372 g/mol. The molecule has 0 radical (unpaired) electrons. The normalized spacial score (nSPS) is 14.9. The van der Waals surface area contributed by atoms with Crippen molar-refractivity contribution in [3.63, 3.8) is 0 Å². The number of aryl methyl sites for hydroxylation is 1. The second-order valence-electron chi connectivity index (χ2n) is 6.01. The molecule has 1 amide bonds. The Hall–Kier alpha value is -1.95. The molecule has 6 heteroatoms. The van der Waals surface area contributed by atoms with Gasteiger partial charge < -0.3 is 9.64 Å². The lowest BCUT2D eigenvalue weighted by Gasteiger charge is -2.27. The Morgan fingerprint density at radius 3 is 2.80 bits per heavy atom. The molecule has 0 unspecified atom stereocenters. The molecular weight excluding hydrogens is 356 g/mol. The van der Waals surface area contributed by atoms with E-state index in [2.05, 4.69) is 0 Å². The number of pyridine rings is 1. The molecule has 1 aliphatic heterocycles. The lowest BCUT2D eigenvalue weighted by atomic mass is 10.0. The highest BCUT2D eigenvalue weighted by Crippen LogP contribution is 2.32. The average Bonchev–Trinajstić information content (AvgIpc) is 3.19. The molecular formula is C19H17ClN2O2S. The van der Waals surface area contributed by atoms with E-state index in [9.17, 15) is 4.79 Å². The summed E-state index contributed by atoms with van der Waals surface area (Å²) < 4.78 is 5.37. The number of halogens is 1. The summed E-state index contributed by atoms with van der Waals surface area (Å²) in [6, 6.07) is 9.63. The fourth-order valence-corrected chi connectivity index (χ4v) is 3.91. The van der Waals surface area contributed by atoms with Crippen molar-refractivity contribution >= 4 is 39.7 Å². The van der Waals surface area contributed by atoms with Crippen molar-refractivity contribution in [3.05, 3.63) is 51.9 Å². The third-order valence-electron chi connectivity index (χ3n) is 4.47. The van der Waals surface area contributed by atoms with E-state index in [0.29, 0.717) is 36.9 Å². The molecule has 128 valence electrons. The van der Waals surface area contributed by atoms with Crippen LogP contribution >= 0.6 is 22.9 Å². The van der Waals surface area contributed by atoms with Crippen molar-refractivity contribution in [3.8, 4) is 10.6 Å². The summed E-state index contributed by atoms with van der Waals surface area (Å²) in [5.74, 6) is 0.0234. The number of morpholine rings is 1. The number of carbonyl (C=O) groups excluding carboxylic acids is 1. The average molecular weight is 373 g/mol. The van der Waals surface area contributed by atoms with Crippen LogP contribution in [0, 0.1) is 6.92 Å². The number of rotatable bonds is 2. The fraction of sp³-hybridized carbons (Fsp3) is 0.263. The van der Waals surface area contributed by atoms with Gasteiger partial charge in [0.2, 0.25) is 0 Å². The minimum atomic E-state index is 0.0234. The zero-order valence-electron chi connectivity index (χ0n) is 13.8. The molecule has 2 aromatic heterocycles. The first-order valence-corrected chi connectivity index (χ1v) is 9.41. The first kappa shape index (κ1) is 16.5. The number of nitrogens with zero attached hydrogens (tertiary/aromatic N) is 2. The van der Waals surface area contributed by atoms with Gasteiger partial charge in [-0.25, -0.2) is 4.98 Å². The van der Waals surface area contributed by atoms with E-state index in [1.165, 1.54) is 0 Å². The summed E-state index contributed by atoms with van der Waals surface area (Å²) in [6.45, 7) is 4.33. The van der Waals surface area contributed by atoms with Gasteiger partial charge in [0.05, 0.1) is 34.9 Å². The zero-order valence-corrected chi connectivity index (χ0v) is 15.4. The topological polar surface area (TPSA) is 42.4 Å². The van der Waals surface area contributed by atoms with Crippen LogP contribution in [-0.4, -0.2) is 42.1 Å². The fourth-order valence-electron chi connectivity index (χ4n) is 3.07. The highest BCUT2D eigenvalue weighted by atomic mass is 35.5. The van der Waals surface area contributed by atoms with E-state index in [1.807, 2.05) is 47.5 Å². The van der Waals surface area contributed by atoms with Gasteiger partial charge in [0.15, 0.2) is 0 Å². The number of hydrogen-bond donors (Lipinski definition) is 0. The minimum absolute atomic E-state index is 0.0234. The van der Waals surface area contributed by atoms with E-state index in [0.717, 1.165) is 27.0 Å². The van der Waals surface area contributed by atoms with Crippen LogP contribution in [-0.2, 0) is 4.74 Å². The number of aromatic nitrogens is 1. The summed E-state index contributed by atoms with van der Waals surface area (Å²) in [7, 11) is 0. The maximum Gasteiger partial charge on any atom is 0.254 e. The molecule has 1 aliphatic rings. The van der Waals surface area contributed by atoms with Gasteiger partial charge in [-0.2, -0.15) is 0 Å². The van der Waals surface area contributed by atoms with Crippen LogP contribution in [0.4, 0.5) is 0 Å². The van der Waals surface area contributed by atoms with Crippen LogP contribution in [0.15, 0.2) is 35.7 Å². The largest absolute Gasteiger partial charge is 0.378 e. The van der Waals surface area contributed by atoms with Gasteiger partial charge in [-0.15, -0.1) is 11.3 Å². The Morgan fingerprint density at radius 2 is 2.08 bits per heavy atom. The Labute approximate surface area is 155 Å². The summed E-state index contributed by atoms with van der Waals surface area (Å²) in [4.78, 5) is 20.8. The van der Waals surface area contributed by atoms with Crippen LogP contribution in [0.2, 0.25) is 5.02 Å². The van der Waals surface area contributed by atoms with E-state index >= 15 is 0 Å². The van der Waals surface area contributed by atoms with Crippen LogP contribution < -0.4 is 0 Å². The number of thiophene rings is 1. The summed E-state index contributed by atoms with van der Waals surface area (Å²) >= 11 is 7.91. The number of amides is 1. The van der Waals surface area contributed by atoms with E-state index in [-0.39, 0.29) is 5.91 Å². The van der Waals surface area contributed by atoms with E-state index < -0.39 is 0 Å². The molecule has 0 atom stereocenters. The maximum absolute atomic E-state index is 13.1. The van der Waals surface area contributed by atoms with Crippen LogP contribution in [0.3, 0.4) is 0 Å². The SMILES string of the molecule is Cc1c(Cl)ccc2c(C(=O)N3CCOCC3)cc(-c3cccs3)nc12. The molecule has 1 aromatic carbocycles.